The molecule has 2 rings (SSSR count). The summed E-state index contributed by atoms with van der Waals surface area (Å²) >= 11 is 0. The highest BCUT2D eigenvalue weighted by atomic mass is 32.2. The van der Waals surface area contributed by atoms with Crippen LogP contribution >= 0.6 is 0 Å². The molecule has 1 N–H and O–H groups in total. The highest BCUT2D eigenvalue weighted by Gasteiger charge is 2.26. The van der Waals surface area contributed by atoms with Crippen LogP contribution in [0.25, 0.3) is 0 Å². The van der Waals surface area contributed by atoms with Gasteiger partial charge in [-0.15, -0.1) is 4.40 Å². The first-order chi connectivity index (χ1) is 9.85. The highest BCUT2D eigenvalue weighted by molar-refractivity contribution is 7.90. The van der Waals surface area contributed by atoms with Crippen molar-refractivity contribution in [1.29, 1.82) is 0 Å². The Morgan fingerprint density at radius 2 is 1.90 bits per heavy atom. The van der Waals surface area contributed by atoms with Gasteiger partial charge in [0.1, 0.15) is 10.7 Å². The lowest BCUT2D eigenvalue weighted by Crippen LogP contribution is -2.42. The Kier molecular flexibility index (Phi) is 4.68. The van der Waals surface area contributed by atoms with Crippen molar-refractivity contribution in [2.45, 2.75) is 38.6 Å². The van der Waals surface area contributed by atoms with E-state index in [9.17, 15) is 8.42 Å². The molecule has 5 nitrogen and oxygen atoms in total. The van der Waals surface area contributed by atoms with Gasteiger partial charge in [-0.2, -0.15) is 8.42 Å². The van der Waals surface area contributed by atoms with Crippen molar-refractivity contribution in [3.8, 4) is 0 Å². The Balaban J connectivity index is 2.25. The number of rotatable bonds is 5. The van der Waals surface area contributed by atoms with Gasteiger partial charge in [0.25, 0.3) is 10.0 Å². The van der Waals surface area contributed by atoms with Crippen LogP contribution in [0.15, 0.2) is 33.6 Å². The van der Waals surface area contributed by atoms with Gasteiger partial charge in [0, 0.05) is 6.04 Å². The normalized spacial score (nSPS) is 18.1. The van der Waals surface area contributed by atoms with E-state index in [1.54, 1.807) is 18.2 Å². The third-order valence-corrected chi connectivity index (χ3v) is 5.35. The minimum atomic E-state index is -3.59. The molecule has 0 radical (unpaired) electrons. The third kappa shape index (κ3) is 3.44. The lowest BCUT2D eigenvalue weighted by Gasteiger charge is -2.31. The lowest BCUT2D eigenvalue weighted by molar-refractivity contribution is 0.202. The fraction of sp³-hybridized carbons (Fsp3) is 0.533. The van der Waals surface area contributed by atoms with Crippen LogP contribution in [-0.4, -0.2) is 38.3 Å². The first kappa shape index (κ1) is 16.0. The van der Waals surface area contributed by atoms with Gasteiger partial charge < -0.3 is 5.32 Å². The van der Waals surface area contributed by atoms with E-state index in [1.807, 2.05) is 6.07 Å². The first-order valence-corrected chi connectivity index (χ1v) is 8.73. The van der Waals surface area contributed by atoms with E-state index in [0.717, 1.165) is 6.54 Å². The van der Waals surface area contributed by atoms with Crippen LogP contribution in [0.3, 0.4) is 0 Å². The van der Waals surface area contributed by atoms with E-state index in [0.29, 0.717) is 30.0 Å². The predicted octanol–water partition coefficient (Wildman–Crippen LogP) is 2.57. The summed E-state index contributed by atoms with van der Waals surface area (Å²) in [5, 5.41) is 3.14. The molecule has 0 aliphatic carbocycles. The second-order valence-electron chi connectivity index (χ2n) is 5.68. The van der Waals surface area contributed by atoms with E-state index in [4.69, 9.17) is 0 Å². The molecule has 0 amide bonds. The molecule has 0 fully saturated rings. The summed E-state index contributed by atoms with van der Waals surface area (Å²) in [5.74, 6) is 0.987. The van der Waals surface area contributed by atoms with Crippen molar-refractivity contribution in [2.24, 2.45) is 10.3 Å². The average molecular weight is 309 g/mol. The summed E-state index contributed by atoms with van der Waals surface area (Å²) in [7, 11) is -3.59. The molecule has 1 aliphatic heterocycles. The molecule has 116 valence electrons. The molecule has 1 aliphatic rings. The second-order valence-corrected chi connectivity index (χ2v) is 7.25. The van der Waals surface area contributed by atoms with Crippen molar-refractivity contribution in [3.63, 3.8) is 0 Å². The van der Waals surface area contributed by atoms with E-state index in [-0.39, 0.29) is 4.90 Å². The van der Waals surface area contributed by atoms with E-state index >= 15 is 0 Å². The lowest BCUT2D eigenvalue weighted by atomic mass is 10.0. The number of hydrogen-bond acceptors (Lipinski definition) is 4. The van der Waals surface area contributed by atoms with E-state index in [1.165, 1.54) is 0 Å². The zero-order valence-corrected chi connectivity index (χ0v) is 13.8. The van der Waals surface area contributed by atoms with Gasteiger partial charge in [0.2, 0.25) is 0 Å². The number of hydrogen-bond donors (Lipinski definition) is 1. The van der Waals surface area contributed by atoms with Crippen molar-refractivity contribution >= 4 is 21.5 Å². The molecule has 6 heteroatoms. The molecule has 0 aromatic heterocycles. The van der Waals surface area contributed by atoms with Gasteiger partial charge in [-0.05, 0) is 31.5 Å². The summed E-state index contributed by atoms with van der Waals surface area (Å²) in [4.78, 5) is 2.47. The summed E-state index contributed by atoms with van der Waals surface area (Å²) in [6.07, 6.45) is 0. The number of anilines is 1. The number of benzene rings is 1. The number of para-hydroxylation sites is 1. The number of sulfonamides is 1. The van der Waals surface area contributed by atoms with Crippen LogP contribution in [0.4, 0.5) is 5.69 Å². The van der Waals surface area contributed by atoms with E-state index < -0.39 is 10.0 Å². The zero-order valence-electron chi connectivity index (χ0n) is 13.0. The molecule has 0 bridgehead atoms. The maximum absolute atomic E-state index is 12.2. The van der Waals surface area contributed by atoms with Crippen LogP contribution in [0.5, 0.6) is 0 Å². The number of amidine groups is 1. The first-order valence-electron chi connectivity index (χ1n) is 7.29. The molecule has 0 spiro atoms. The molecule has 1 heterocycles. The Morgan fingerprint density at radius 3 is 2.52 bits per heavy atom. The molecule has 0 saturated heterocycles. The maximum Gasteiger partial charge on any atom is 0.286 e. The Morgan fingerprint density at radius 1 is 1.24 bits per heavy atom. The number of nitrogens with one attached hydrogen (secondary N) is 1. The van der Waals surface area contributed by atoms with Crippen LogP contribution in [0.2, 0.25) is 0 Å². The Bertz CT molecular complexity index is 638. The minimum absolute atomic E-state index is 0.244. The maximum atomic E-state index is 12.2. The van der Waals surface area contributed by atoms with Crippen molar-refractivity contribution in [3.05, 3.63) is 24.3 Å². The summed E-state index contributed by atoms with van der Waals surface area (Å²) < 4.78 is 28.3. The monoisotopic (exact) mass is 309 g/mol. The van der Waals surface area contributed by atoms with Gasteiger partial charge in [0.15, 0.2) is 0 Å². The van der Waals surface area contributed by atoms with Crippen LogP contribution in [-0.2, 0) is 10.0 Å². The van der Waals surface area contributed by atoms with Gasteiger partial charge in [-0.1, -0.05) is 32.9 Å². The van der Waals surface area contributed by atoms with E-state index in [2.05, 4.69) is 42.3 Å². The third-order valence-electron chi connectivity index (χ3n) is 3.97. The quantitative estimate of drug-likeness (QED) is 0.908. The predicted molar refractivity (Wildman–Crippen MR) is 86.2 cm³/mol. The average Bonchev–Trinajstić information content (AvgIpc) is 2.43. The van der Waals surface area contributed by atoms with Gasteiger partial charge >= 0.3 is 0 Å². The van der Waals surface area contributed by atoms with Crippen LogP contribution in [0, 0.1) is 5.92 Å². The summed E-state index contributed by atoms with van der Waals surface area (Å²) in [6.45, 7) is 9.90. The van der Waals surface area contributed by atoms with Gasteiger partial charge in [0.05, 0.1) is 12.2 Å². The Labute approximate surface area is 127 Å². The van der Waals surface area contributed by atoms with Crippen LogP contribution < -0.4 is 5.32 Å². The topological polar surface area (TPSA) is 61.8 Å². The summed E-state index contributed by atoms with van der Waals surface area (Å²) in [5.41, 5.74) is 0.607. The second kappa shape index (κ2) is 6.15. The zero-order chi connectivity index (χ0) is 15.6. The molecular formula is C15H23N3O2S. The SMILES string of the molecule is CCN(CC1=NS(=O)(=O)c2ccccc2N1)C(C)C(C)C. The van der Waals surface area contributed by atoms with Crippen LogP contribution in [0.1, 0.15) is 27.7 Å². The number of fused-ring (bicyclic) bond motifs is 1. The van der Waals surface area contributed by atoms with Gasteiger partial charge in [-0.3, -0.25) is 4.90 Å². The molecule has 21 heavy (non-hydrogen) atoms. The number of nitrogens with zero attached hydrogens (tertiary/aromatic N) is 2. The molecule has 1 aromatic rings. The molecule has 1 unspecified atom stereocenters. The fourth-order valence-corrected chi connectivity index (χ4v) is 3.53. The smallest absolute Gasteiger partial charge is 0.286 e. The largest absolute Gasteiger partial charge is 0.341 e. The van der Waals surface area contributed by atoms with Crippen molar-refractivity contribution in [2.75, 3.05) is 18.4 Å². The summed E-state index contributed by atoms with van der Waals surface area (Å²) in [6, 6.07) is 7.23. The van der Waals surface area contributed by atoms with Gasteiger partial charge in [-0.25, -0.2) is 0 Å². The molecule has 1 aromatic carbocycles. The molecule has 1 atom stereocenters. The number of likely N-dealkylation sites (N-methyl/N-ethyl adjacent to an activating group) is 1. The molecule has 0 saturated carbocycles. The highest BCUT2D eigenvalue weighted by Crippen LogP contribution is 2.26. The van der Waals surface area contributed by atoms with Crippen molar-refractivity contribution < 1.29 is 8.42 Å². The standard InChI is InChI=1S/C15H23N3O2S/c1-5-18(12(4)11(2)3)10-15-16-13-8-6-7-9-14(13)21(19,20)17-15/h6-9,11-12H,5,10H2,1-4H3,(H,16,17). The minimum Gasteiger partial charge on any atom is -0.341 e. The van der Waals surface area contributed by atoms with Crippen molar-refractivity contribution in [1.82, 2.24) is 4.90 Å². The Hall–Kier alpha value is -1.40. The fourth-order valence-electron chi connectivity index (χ4n) is 2.39. The molecular weight excluding hydrogens is 286 g/mol.